The highest BCUT2D eigenvalue weighted by Crippen LogP contribution is 1.65. The zero-order chi connectivity index (χ0) is 8.28. The third-order valence-corrected chi connectivity index (χ3v) is 0.704. The first-order chi connectivity index (χ1) is 4.27. The van der Waals surface area contributed by atoms with Gasteiger partial charge in [0.1, 0.15) is 0 Å². The molecular weight excluding hydrogens is 136 g/mol. The summed E-state index contributed by atoms with van der Waals surface area (Å²) in [6.07, 6.45) is 1.47. The molecule has 0 saturated carbocycles. The van der Waals surface area contributed by atoms with E-state index in [1.807, 2.05) is 27.7 Å². The zero-order valence-corrected chi connectivity index (χ0v) is 8.04. The lowest BCUT2D eigenvalue weighted by molar-refractivity contribution is 0.450. The Morgan fingerprint density at radius 2 is 1.22 bits per heavy atom. The Labute approximate surface area is 61.3 Å². The minimum atomic E-state index is -1.07. The van der Waals surface area contributed by atoms with Crippen molar-refractivity contribution >= 4 is 11.1 Å². The molecule has 0 aromatic heterocycles. The SMILES string of the molecule is CC.CC.COS(C)=O. The van der Waals surface area contributed by atoms with Gasteiger partial charge in [0.15, 0.2) is 11.1 Å². The Kier molecular flexibility index (Phi) is 43.3. The van der Waals surface area contributed by atoms with Crippen LogP contribution >= 0.6 is 0 Å². The molecular formula is C6H18O2S. The van der Waals surface area contributed by atoms with Crippen molar-refractivity contribution in [2.45, 2.75) is 27.7 Å². The normalized spacial score (nSPS) is 9.56. The maximum Gasteiger partial charge on any atom is 0.151 e. The van der Waals surface area contributed by atoms with E-state index in [4.69, 9.17) is 0 Å². The summed E-state index contributed by atoms with van der Waals surface area (Å²) in [6.45, 7) is 8.00. The molecule has 1 atom stereocenters. The molecule has 0 aliphatic carbocycles. The molecule has 3 heteroatoms. The maximum absolute atomic E-state index is 9.70. The molecule has 0 aliphatic heterocycles. The van der Waals surface area contributed by atoms with Crippen LogP contribution in [-0.2, 0) is 15.3 Å². The molecule has 2 nitrogen and oxygen atoms in total. The fourth-order valence-corrected chi connectivity index (χ4v) is 0. The minimum Gasteiger partial charge on any atom is -0.294 e. The lowest BCUT2D eigenvalue weighted by Crippen LogP contribution is -1.83. The molecule has 0 aromatic rings. The fraction of sp³-hybridized carbons (Fsp3) is 1.00. The van der Waals surface area contributed by atoms with Gasteiger partial charge in [0.2, 0.25) is 0 Å². The van der Waals surface area contributed by atoms with Gasteiger partial charge in [-0.25, -0.2) is 4.21 Å². The number of rotatable bonds is 1. The van der Waals surface area contributed by atoms with Crippen LogP contribution < -0.4 is 0 Å². The van der Waals surface area contributed by atoms with Crippen LogP contribution in [0.4, 0.5) is 0 Å². The van der Waals surface area contributed by atoms with E-state index in [2.05, 4.69) is 4.18 Å². The van der Waals surface area contributed by atoms with E-state index in [1.165, 1.54) is 13.4 Å². The molecule has 0 amide bonds. The van der Waals surface area contributed by atoms with Crippen molar-refractivity contribution in [3.05, 3.63) is 0 Å². The molecule has 0 bridgehead atoms. The predicted molar refractivity (Wildman–Crippen MR) is 43.8 cm³/mol. The highest BCUT2D eigenvalue weighted by molar-refractivity contribution is 7.79. The van der Waals surface area contributed by atoms with Gasteiger partial charge in [-0.2, -0.15) is 0 Å². The second kappa shape index (κ2) is 24.3. The first-order valence-electron chi connectivity index (χ1n) is 3.15. The van der Waals surface area contributed by atoms with Crippen LogP contribution in [0.2, 0.25) is 0 Å². The zero-order valence-electron chi connectivity index (χ0n) is 7.22. The van der Waals surface area contributed by atoms with Crippen LogP contribution in [0.3, 0.4) is 0 Å². The second-order valence-electron chi connectivity index (χ2n) is 0.568. The van der Waals surface area contributed by atoms with Crippen LogP contribution in [0.1, 0.15) is 27.7 Å². The van der Waals surface area contributed by atoms with Gasteiger partial charge in [-0.3, -0.25) is 4.18 Å². The van der Waals surface area contributed by atoms with Crippen molar-refractivity contribution in [1.82, 2.24) is 0 Å². The van der Waals surface area contributed by atoms with E-state index >= 15 is 0 Å². The Bertz CT molecular complexity index is 46.3. The first kappa shape index (κ1) is 16.1. The summed E-state index contributed by atoms with van der Waals surface area (Å²) in [5.41, 5.74) is 0. The van der Waals surface area contributed by atoms with Gasteiger partial charge in [0, 0.05) is 6.26 Å². The van der Waals surface area contributed by atoms with Crippen LogP contribution in [0.5, 0.6) is 0 Å². The molecule has 0 aliphatic rings. The summed E-state index contributed by atoms with van der Waals surface area (Å²) in [6, 6.07) is 0. The molecule has 60 valence electrons. The lowest BCUT2D eigenvalue weighted by Gasteiger charge is -1.78. The van der Waals surface area contributed by atoms with E-state index in [0.29, 0.717) is 0 Å². The van der Waals surface area contributed by atoms with E-state index in [1.54, 1.807) is 0 Å². The summed E-state index contributed by atoms with van der Waals surface area (Å²) in [5.74, 6) is 0. The smallest absolute Gasteiger partial charge is 0.151 e. The fourth-order valence-electron chi connectivity index (χ4n) is 0. The van der Waals surface area contributed by atoms with Crippen LogP contribution in [0.15, 0.2) is 0 Å². The number of hydrogen-bond donors (Lipinski definition) is 0. The molecule has 0 N–H and O–H groups in total. The summed E-state index contributed by atoms with van der Waals surface area (Å²) in [4.78, 5) is 0. The van der Waals surface area contributed by atoms with Crippen molar-refractivity contribution in [1.29, 1.82) is 0 Å². The maximum atomic E-state index is 9.70. The highest BCUT2D eigenvalue weighted by Gasteiger charge is 1.72. The summed E-state index contributed by atoms with van der Waals surface area (Å²) in [5, 5.41) is 0. The Morgan fingerprint density at radius 1 is 1.11 bits per heavy atom. The second-order valence-corrected chi connectivity index (χ2v) is 1.70. The average Bonchev–Trinajstić information content (AvgIpc) is 1.97. The van der Waals surface area contributed by atoms with Crippen molar-refractivity contribution in [2.75, 3.05) is 13.4 Å². The molecule has 0 spiro atoms. The standard InChI is InChI=1S/C2H6O2S.2C2H6/c1-4-5(2)3;2*1-2/h1-2H3;2*1-2H3. The molecule has 9 heavy (non-hydrogen) atoms. The van der Waals surface area contributed by atoms with Crippen molar-refractivity contribution in [3.63, 3.8) is 0 Å². The minimum absolute atomic E-state index is 1.07. The van der Waals surface area contributed by atoms with Crippen LogP contribution in [0.25, 0.3) is 0 Å². The molecule has 0 rings (SSSR count). The van der Waals surface area contributed by atoms with Gasteiger partial charge in [-0.1, -0.05) is 27.7 Å². The van der Waals surface area contributed by atoms with Gasteiger partial charge < -0.3 is 0 Å². The lowest BCUT2D eigenvalue weighted by atomic mass is 11.0. The van der Waals surface area contributed by atoms with Gasteiger partial charge in [-0.15, -0.1) is 0 Å². The molecule has 0 aromatic carbocycles. The molecule has 1 unspecified atom stereocenters. The van der Waals surface area contributed by atoms with E-state index in [0.717, 1.165) is 0 Å². The molecule has 0 fully saturated rings. The largest absolute Gasteiger partial charge is 0.294 e. The van der Waals surface area contributed by atoms with Crippen LogP contribution in [0, 0.1) is 0 Å². The molecule has 0 saturated heterocycles. The van der Waals surface area contributed by atoms with Gasteiger partial charge >= 0.3 is 0 Å². The predicted octanol–water partition coefficient (Wildman–Crippen LogP) is 1.98. The summed E-state index contributed by atoms with van der Waals surface area (Å²) < 4.78 is 13.9. The molecule has 0 radical (unpaired) electrons. The Morgan fingerprint density at radius 3 is 1.22 bits per heavy atom. The Hall–Kier alpha value is 0.110. The van der Waals surface area contributed by atoms with E-state index < -0.39 is 11.1 Å². The van der Waals surface area contributed by atoms with Crippen molar-refractivity contribution in [2.24, 2.45) is 0 Å². The van der Waals surface area contributed by atoms with Gasteiger partial charge in [-0.05, 0) is 0 Å². The van der Waals surface area contributed by atoms with Crippen molar-refractivity contribution < 1.29 is 8.39 Å². The number of hydrogen-bond acceptors (Lipinski definition) is 2. The third-order valence-electron chi connectivity index (χ3n) is 0.235. The van der Waals surface area contributed by atoms with E-state index in [-0.39, 0.29) is 0 Å². The summed E-state index contributed by atoms with van der Waals surface area (Å²) >= 11 is -1.07. The quantitative estimate of drug-likeness (QED) is 0.577. The topological polar surface area (TPSA) is 26.3 Å². The Balaban J connectivity index is -0.0000000771. The van der Waals surface area contributed by atoms with E-state index in [9.17, 15) is 4.21 Å². The van der Waals surface area contributed by atoms with Crippen molar-refractivity contribution in [3.8, 4) is 0 Å². The summed E-state index contributed by atoms with van der Waals surface area (Å²) in [7, 11) is 1.40. The monoisotopic (exact) mass is 154 g/mol. The van der Waals surface area contributed by atoms with Gasteiger partial charge in [0.05, 0.1) is 7.11 Å². The molecule has 0 heterocycles. The third kappa shape index (κ3) is 68.0. The van der Waals surface area contributed by atoms with Crippen LogP contribution in [-0.4, -0.2) is 17.6 Å². The average molecular weight is 154 g/mol. The highest BCUT2D eigenvalue weighted by atomic mass is 32.2. The van der Waals surface area contributed by atoms with Gasteiger partial charge in [0.25, 0.3) is 0 Å². The first-order valence-corrected chi connectivity index (χ1v) is 4.63.